The number of aromatic nitrogens is 1. The maximum absolute atomic E-state index is 13.3. The van der Waals surface area contributed by atoms with Gasteiger partial charge in [-0.05, 0) is 62.1 Å². The average molecular weight is 468 g/mol. The van der Waals surface area contributed by atoms with Crippen LogP contribution in [0.4, 0.5) is 0 Å². The van der Waals surface area contributed by atoms with Gasteiger partial charge in [0.25, 0.3) is 0 Å². The molecule has 6 rings (SSSR count). The van der Waals surface area contributed by atoms with Crippen LogP contribution in [0.1, 0.15) is 25.7 Å². The number of morpholine rings is 1. The standard InChI is InChI=1S/C24H25N3O5S/c28-22-15-31-24(16-27(22)18-7-8-18)11-13-26(14-12-24)33(29,30)19-9-5-17(6-10-19)23-25-20-3-1-2-4-21(20)32-23/h1-6,9-10,18H,7-8,11-16H2. The Morgan fingerprint density at radius 1 is 1.00 bits per heavy atom. The molecule has 2 aliphatic heterocycles. The Balaban J connectivity index is 1.16. The summed E-state index contributed by atoms with van der Waals surface area (Å²) >= 11 is 0. The molecule has 3 fully saturated rings. The van der Waals surface area contributed by atoms with Crippen molar-refractivity contribution in [3.05, 3.63) is 48.5 Å². The van der Waals surface area contributed by atoms with Gasteiger partial charge in [0.2, 0.25) is 21.8 Å². The lowest BCUT2D eigenvalue weighted by molar-refractivity contribution is -0.170. The molecule has 172 valence electrons. The van der Waals surface area contributed by atoms with E-state index in [2.05, 4.69) is 4.98 Å². The first-order valence-corrected chi connectivity index (χ1v) is 12.8. The first-order chi connectivity index (χ1) is 15.9. The van der Waals surface area contributed by atoms with E-state index in [1.54, 1.807) is 24.3 Å². The summed E-state index contributed by atoms with van der Waals surface area (Å²) in [6, 6.07) is 14.5. The number of carbonyl (C=O) groups excluding carboxylic acids is 1. The highest BCUT2D eigenvalue weighted by Gasteiger charge is 2.47. The summed E-state index contributed by atoms with van der Waals surface area (Å²) in [5, 5.41) is 0. The maximum atomic E-state index is 13.3. The van der Waals surface area contributed by atoms with Crippen LogP contribution < -0.4 is 0 Å². The summed E-state index contributed by atoms with van der Waals surface area (Å²) in [5.74, 6) is 0.515. The number of oxazole rings is 1. The molecule has 3 heterocycles. The lowest BCUT2D eigenvalue weighted by Gasteiger charge is -2.46. The Bertz CT molecular complexity index is 1270. The minimum absolute atomic E-state index is 0.0530. The van der Waals surface area contributed by atoms with Gasteiger partial charge in [-0.2, -0.15) is 4.31 Å². The van der Waals surface area contributed by atoms with E-state index in [9.17, 15) is 13.2 Å². The molecule has 0 bridgehead atoms. The summed E-state index contributed by atoms with van der Waals surface area (Å²) in [6.45, 7) is 1.42. The number of sulfonamides is 1. The van der Waals surface area contributed by atoms with Crippen LogP contribution in [0.5, 0.6) is 0 Å². The largest absolute Gasteiger partial charge is 0.436 e. The number of rotatable bonds is 4. The van der Waals surface area contributed by atoms with Gasteiger partial charge in [0.1, 0.15) is 12.1 Å². The molecule has 0 N–H and O–H groups in total. The highest BCUT2D eigenvalue weighted by atomic mass is 32.2. The number of benzene rings is 2. The van der Waals surface area contributed by atoms with Crippen LogP contribution in [0, 0.1) is 0 Å². The average Bonchev–Trinajstić information content (AvgIpc) is 3.59. The number of hydrogen-bond donors (Lipinski definition) is 0. The molecule has 1 amide bonds. The van der Waals surface area contributed by atoms with Crippen molar-refractivity contribution in [2.75, 3.05) is 26.2 Å². The Kier molecular flexibility index (Phi) is 4.83. The zero-order valence-corrected chi connectivity index (χ0v) is 19.0. The third-order valence-corrected chi connectivity index (χ3v) is 8.85. The van der Waals surface area contributed by atoms with Gasteiger partial charge in [-0.15, -0.1) is 0 Å². The molecular formula is C24H25N3O5S. The van der Waals surface area contributed by atoms with Gasteiger partial charge in [-0.1, -0.05) is 12.1 Å². The van der Waals surface area contributed by atoms with Crippen molar-refractivity contribution >= 4 is 27.0 Å². The van der Waals surface area contributed by atoms with E-state index in [1.807, 2.05) is 29.2 Å². The van der Waals surface area contributed by atoms with Crippen molar-refractivity contribution < 1.29 is 22.4 Å². The van der Waals surface area contributed by atoms with Crippen molar-refractivity contribution in [2.45, 2.75) is 42.2 Å². The number of amides is 1. The fraction of sp³-hybridized carbons (Fsp3) is 0.417. The monoisotopic (exact) mass is 467 g/mol. The summed E-state index contributed by atoms with van der Waals surface area (Å²) < 4.78 is 39.8. The van der Waals surface area contributed by atoms with Crippen molar-refractivity contribution in [1.29, 1.82) is 0 Å². The van der Waals surface area contributed by atoms with E-state index >= 15 is 0 Å². The van der Waals surface area contributed by atoms with Crippen LogP contribution in [0.2, 0.25) is 0 Å². The highest BCUT2D eigenvalue weighted by Crippen LogP contribution is 2.37. The Hall–Kier alpha value is -2.75. The van der Waals surface area contributed by atoms with Crippen molar-refractivity contribution in [1.82, 2.24) is 14.2 Å². The van der Waals surface area contributed by atoms with Gasteiger partial charge in [-0.3, -0.25) is 4.79 Å². The molecule has 3 aliphatic rings. The number of piperidine rings is 1. The number of para-hydroxylation sites is 2. The Labute approximate surface area is 192 Å². The van der Waals surface area contributed by atoms with E-state index in [0.29, 0.717) is 50.0 Å². The van der Waals surface area contributed by atoms with Crippen LogP contribution in [0.3, 0.4) is 0 Å². The minimum Gasteiger partial charge on any atom is -0.436 e. The summed E-state index contributed by atoms with van der Waals surface area (Å²) in [4.78, 5) is 18.8. The number of hydrogen-bond acceptors (Lipinski definition) is 6. The van der Waals surface area contributed by atoms with Gasteiger partial charge >= 0.3 is 0 Å². The summed E-state index contributed by atoms with van der Waals surface area (Å²) in [7, 11) is -3.62. The second kappa shape index (κ2) is 7.65. The highest BCUT2D eigenvalue weighted by molar-refractivity contribution is 7.89. The van der Waals surface area contributed by atoms with E-state index in [1.165, 1.54) is 4.31 Å². The van der Waals surface area contributed by atoms with E-state index in [0.717, 1.165) is 23.9 Å². The van der Waals surface area contributed by atoms with Crippen LogP contribution >= 0.6 is 0 Å². The smallest absolute Gasteiger partial charge is 0.248 e. The predicted octanol–water partition coefficient (Wildman–Crippen LogP) is 3.04. The van der Waals surface area contributed by atoms with Crippen LogP contribution in [-0.2, 0) is 19.6 Å². The second-order valence-corrected chi connectivity index (χ2v) is 11.1. The van der Waals surface area contributed by atoms with Crippen LogP contribution in [-0.4, -0.2) is 66.4 Å². The first-order valence-electron chi connectivity index (χ1n) is 11.3. The van der Waals surface area contributed by atoms with Crippen molar-refractivity contribution in [3.63, 3.8) is 0 Å². The number of fused-ring (bicyclic) bond motifs is 1. The van der Waals surface area contributed by atoms with Gasteiger partial charge in [0, 0.05) is 24.7 Å². The predicted molar refractivity (Wildman–Crippen MR) is 121 cm³/mol. The lowest BCUT2D eigenvalue weighted by Crippen LogP contribution is -2.59. The third kappa shape index (κ3) is 3.74. The molecule has 9 heteroatoms. The molecular weight excluding hydrogens is 442 g/mol. The normalized spacial score (nSPS) is 21.7. The van der Waals surface area contributed by atoms with Crippen molar-refractivity contribution in [3.8, 4) is 11.5 Å². The van der Waals surface area contributed by atoms with Crippen LogP contribution in [0.15, 0.2) is 57.8 Å². The molecule has 0 radical (unpaired) electrons. The zero-order chi connectivity index (χ0) is 22.6. The number of ether oxygens (including phenoxy) is 1. The zero-order valence-electron chi connectivity index (χ0n) is 18.1. The van der Waals surface area contributed by atoms with Gasteiger partial charge < -0.3 is 14.1 Å². The minimum atomic E-state index is -3.62. The van der Waals surface area contributed by atoms with Gasteiger partial charge in [0.15, 0.2) is 5.58 Å². The molecule has 8 nitrogen and oxygen atoms in total. The Morgan fingerprint density at radius 2 is 1.73 bits per heavy atom. The third-order valence-electron chi connectivity index (χ3n) is 6.93. The molecule has 3 aromatic rings. The lowest BCUT2D eigenvalue weighted by atomic mass is 9.90. The molecule has 1 aromatic heterocycles. The van der Waals surface area contributed by atoms with Gasteiger partial charge in [-0.25, -0.2) is 13.4 Å². The van der Waals surface area contributed by atoms with Crippen LogP contribution in [0.25, 0.3) is 22.6 Å². The first kappa shape index (κ1) is 20.8. The van der Waals surface area contributed by atoms with E-state index in [4.69, 9.17) is 9.15 Å². The second-order valence-electron chi connectivity index (χ2n) is 9.14. The molecule has 1 aliphatic carbocycles. The molecule has 0 unspecified atom stereocenters. The molecule has 33 heavy (non-hydrogen) atoms. The summed E-state index contributed by atoms with van der Waals surface area (Å²) in [5.41, 5.74) is 1.75. The van der Waals surface area contributed by atoms with E-state index in [-0.39, 0.29) is 17.4 Å². The van der Waals surface area contributed by atoms with Crippen molar-refractivity contribution in [2.24, 2.45) is 0 Å². The SMILES string of the molecule is O=C1COC2(CCN(S(=O)(=O)c3ccc(-c4nc5ccccc5o4)cc3)CC2)CN1C1CC1. The maximum Gasteiger partial charge on any atom is 0.248 e. The quantitative estimate of drug-likeness (QED) is 0.586. The molecule has 1 saturated carbocycles. The molecule has 2 saturated heterocycles. The van der Waals surface area contributed by atoms with E-state index < -0.39 is 15.6 Å². The molecule has 1 spiro atoms. The fourth-order valence-corrected chi connectivity index (χ4v) is 6.25. The molecule has 2 aromatic carbocycles. The number of carbonyl (C=O) groups is 1. The fourth-order valence-electron chi connectivity index (χ4n) is 4.81. The summed E-state index contributed by atoms with van der Waals surface area (Å²) in [6.07, 6.45) is 3.29. The number of nitrogens with zero attached hydrogens (tertiary/aromatic N) is 3. The Morgan fingerprint density at radius 3 is 2.42 bits per heavy atom. The topological polar surface area (TPSA) is 92.9 Å². The molecule has 0 atom stereocenters. The van der Waals surface area contributed by atoms with Gasteiger partial charge in [0.05, 0.1) is 17.0 Å².